The number of halogens is 1. The largest absolute Gasteiger partial charge is 0.339 e. The van der Waals surface area contributed by atoms with E-state index in [0.717, 1.165) is 38.2 Å². The van der Waals surface area contributed by atoms with Crippen LogP contribution in [0, 0.1) is 11.2 Å². The van der Waals surface area contributed by atoms with Gasteiger partial charge in [0.15, 0.2) is 0 Å². The van der Waals surface area contributed by atoms with Crippen LogP contribution in [-0.2, 0) is 10.2 Å². The maximum absolute atomic E-state index is 13.5. The lowest BCUT2D eigenvalue weighted by atomic mass is 9.86. The number of carbonyl (C=O) groups excluding carboxylic acids is 1. The van der Waals surface area contributed by atoms with E-state index in [9.17, 15) is 9.18 Å². The van der Waals surface area contributed by atoms with Gasteiger partial charge in [0, 0.05) is 32.2 Å². The van der Waals surface area contributed by atoms with Crippen LogP contribution in [0.5, 0.6) is 0 Å². The quantitative estimate of drug-likeness (QED) is 0.806. The summed E-state index contributed by atoms with van der Waals surface area (Å²) in [5.74, 6) is 2.54. The Morgan fingerprint density at radius 1 is 1.08 bits per heavy atom. The summed E-state index contributed by atoms with van der Waals surface area (Å²) in [6.45, 7) is 7.93. The third kappa shape index (κ3) is 3.07. The van der Waals surface area contributed by atoms with Crippen molar-refractivity contribution in [1.82, 2.24) is 9.80 Å². The standard InChI is InChI=1S/C21H29FN2OS/c1-20(2)15-21(20,16-3-5-17(22)6-4-16)19(25)24-11-9-23(10-12-24)18-7-13-26-14-8-18/h3-6,18H,7-15H2,1-2H3/t21-/m1/s1. The molecule has 0 spiro atoms. The van der Waals surface area contributed by atoms with Crippen molar-refractivity contribution >= 4 is 17.7 Å². The summed E-state index contributed by atoms with van der Waals surface area (Å²) in [6, 6.07) is 7.28. The van der Waals surface area contributed by atoms with Crippen LogP contribution in [0.25, 0.3) is 0 Å². The van der Waals surface area contributed by atoms with E-state index in [1.54, 1.807) is 12.1 Å². The molecule has 1 aromatic rings. The summed E-state index contributed by atoms with van der Waals surface area (Å²) in [5.41, 5.74) is 0.449. The van der Waals surface area contributed by atoms with E-state index in [4.69, 9.17) is 0 Å². The summed E-state index contributed by atoms with van der Waals surface area (Å²) in [4.78, 5) is 18.1. The summed E-state index contributed by atoms with van der Waals surface area (Å²) in [6.07, 6.45) is 3.42. The fourth-order valence-corrected chi connectivity index (χ4v) is 6.03. The molecule has 3 aliphatic rings. The normalized spacial score (nSPS) is 29.6. The summed E-state index contributed by atoms with van der Waals surface area (Å²) >= 11 is 2.06. The summed E-state index contributed by atoms with van der Waals surface area (Å²) < 4.78 is 13.4. The molecule has 5 heteroatoms. The van der Waals surface area contributed by atoms with Crippen molar-refractivity contribution in [1.29, 1.82) is 0 Å². The topological polar surface area (TPSA) is 23.6 Å². The van der Waals surface area contributed by atoms with E-state index in [2.05, 4.69) is 35.4 Å². The highest BCUT2D eigenvalue weighted by molar-refractivity contribution is 7.99. The lowest BCUT2D eigenvalue weighted by molar-refractivity contribution is -0.137. The van der Waals surface area contributed by atoms with Gasteiger partial charge in [-0.3, -0.25) is 9.69 Å². The molecule has 2 heterocycles. The second-order valence-corrected chi connectivity index (χ2v) is 9.87. The molecule has 1 saturated carbocycles. The first kappa shape index (κ1) is 18.3. The van der Waals surface area contributed by atoms with Gasteiger partial charge in [-0.05, 0) is 53.9 Å². The van der Waals surface area contributed by atoms with Gasteiger partial charge in [0.25, 0.3) is 0 Å². The molecule has 0 radical (unpaired) electrons. The summed E-state index contributed by atoms with van der Waals surface area (Å²) in [7, 11) is 0. The third-order valence-electron chi connectivity index (χ3n) is 6.75. The van der Waals surface area contributed by atoms with Crippen molar-refractivity contribution in [2.45, 2.75) is 44.6 Å². The maximum Gasteiger partial charge on any atom is 0.233 e. The molecule has 26 heavy (non-hydrogen) atoms. The second-order valence-electron chi connectivity index (χ2n) is 8.64. The highest BCUT2D eigenvalue weighted by Gasteiger charge is 2.68. The molecule has 0 aromatic heterocycles. The molecule has 1 aromatic carbocycles. The predicted molar refractivity (Wildman–Crippen MR) is 105 cm³/mol. The third-order valence-corrected chi connectivity index (χ3v) is 7.80. The number of rotatable bonds is 3. The number of carbonyl (C=O) groups is 1. The molecule has 2 aliphatic heterocycles. The molecule has 4 rings (SSSR count). The molecular weight excluding hydrogens is 347 g/mol. The van der Waals surface area contributed by atoms with E-state index >= 15 is 0 Å². The Labute approximate surface area is 160 Å². The molecule has 3 fully saturated rings. The number of thioether (sulfide) groups is 1. The van der Waals surface area contributed by atoms with Crippen LogP contribution >= 0.6 is 11.8 Å². The zero-order valence-corrected chi connectivity index (χ0v) is 16.7. The van der Waals surface area contributed by atoms with Gasteiger partial charge >= 0.3 is 0 Å². The minimum absolute atomic E-state index is 0.0559. The van der Waals surface area contributed by atoms with Crippen LogP contribution in [0.2, 0.25) is 0 Å². The Hall–Kier alpha value is -1.07. The first-order valence-electron chi connectivity index (χ1n) is 9.81. The lowest BCUT2D eigenvalue weighted by Gasteiger charge is -2.42. The van der Waals surface area contributed by atoms with Gasteiger partial charge in [0.2, 0.25) is 5.91 Å². The van der Waals surface area contributed by atoms with Crippen molar-refractivity contribution in [2.24, 2.45) is 5.41 Å². The van der Waals surface area contributed by atoms with Crippen LogP contribution in [-0.4, -0.2) is 59.4 Å². The van der Waals surface area contributed by atoms with E-state index in [-0.39, 0.29) is 17.1 Å². The second kappa shape index (κ2) is 6.83. The molecule has 0 bridgehead atoms. The SMILES string of the molecule is CC1(C)C[C@]1(C(=O)N1CCN(C2CCSCC2)CC1)c1ccc(F)cc1. The summed E-state index contributed by atoms with van der Waals surface area (Å²) in [5, 5.41) is 0. The van der Waals surface area contributed by atoms with Gasteiger partial charge in [-0.15, -0.1) is 0 Å². The number of benzene rings is 1. The van der Waals surface area contributed by atoms with Crippen molar-refractivity contribution < 1.29 is 9.18 Å². The zero-order valence-electron chi connectivity index (χ0n) is 15.8. The van der Waals surface area contributed by atoms with Crippen LogP contribution in [0.1, 0.15) is 38.7 Å². The van der Waals surface area contributed by atoms with Gasteiger partial charge in [-0.25, -0.2) is 4.39 Å². The molecule has 1 amide bonds. The van der Waals surface area contributed by atoms with Crippen molar-refractivity contribution in [3.63, 3.8) is 0 Å². The van der Waals surface area contributed by atoms with Crippen LogP contribution in [0.3, 0.4) is 0 Å². The van der Waals surface area contributed by atoms with Crippen molar-refractivity contribution in [3.05, 3.63) is 35.6 Å². The fraction of sp³-hybridized carbons (Fsp3) is 0.667. The van der Waals surface area contributed by atoms with Gasteiger partial charge < -0.3 is 4.90 Å². The number of nitrogens with zero attached hydrogens (tertiary/aromatic N) is 2. The Balaban J connectivity index is 1.46. The van der Waals surface area contributed by atoms with Crippen LogP contribution < -0.4 is 0 Å². The fourth-order valence-electron chi connectivity index (χ4n) is 4.94. The van der Waals surface area contributed by atoms with Crippen LogP contribution in [0.15, 0.2) is 24.3 Å². The molecule has 3 nitrogen and oxygen atoms in total. The minimum Gasteiger partial charge on any atom is -0.339 e. The minimum atomic E-state index is -0.468. The monoisotopic (exact) mass is 376 g/mol. The highest BCUT2D eigenvalue weighted by Crippen LogP contribution is 2.65. The van der Waals surface area contributed by atoms with Crippen molar-refractivity contribution in [3.8, 4) is 0 Å². The molecule has 1 atom stereocenters. The van der Waals surface area contributed by atoms with E-state index in [1.807, 2.05) is 0 Å². The van der Waals surface area contributed by atoms with E-state index < -0.39 is 5.41 Å². The van der Waals surface area contributed by atoms with Crippen LogP contribution in [0.4, 0.5) is 4.39 Å². The van der Waals surface area contributed by atoms with Gasteiger partial charge in [-0.2, -0.15) is 11.8 Å². The molecule has 0 N–H and O–H groups in total. The predicted octanol–water partition coefficient (Wildman–Crippen LogP) is 3.53. The average Bonchev–Trinajstić information content (AvgIpc) is 3.26. The Bertz CT molecular complexity index is 663. The molecule has 0 unspecified atom stereocenters. The molecular formula is C21H29FN2OS. The average molecular weight is 377 g/mol. The number of hydrogen-bond acceptors (Lipinski definition) is 3. The van der Waals surface area contributed by atoms with Gasteiger partial charge in [0.1, 0.15) is 5.82 Å². The molecule has 142 valence electrons. The van der Waals surface area contributed by atoms with E-state index in [1.165, 1.54) is 36.5 Å². The zero-order chi connectivity index (χ0) is 18.4. The maximum atomic E-state index is 13.5. The smallest absolute Gasteiger partial charge is 0.233 e. The number of piperazine rings is 1. The number of hydrogen-bond donors (Lipinski definition) is 0. The lowest BCUT2D eigenvalue weighted by Crippen LogP contribution is -2.55. The first-order chi connectivity index (χ1) is 12.4. The van der Waals surface area contributed by atoms with Gasteiger partial charge in [0.05, 0.1) is 5.41 Å². The highest BCUT2D eigenvalue weighted by atomic mass is 32.2. The first-order valence-corrected chi connectivity index (χ1v) is 11.0. The van der Waals surface area contributed by atoms with Crippen molar-refractivity contribution in [2.75, 3.05) is 37.7 Å². The molecule has 2 saturated heterocycles. The Morgan fingerprint density at radius 2 is 1.65 bits per heavy atom. The number of amides is 1. The van der Waals surface area contributed by atoms with E-state index in [0.29, 0.717) is 6.04 Å². The van der Waals surface area contributed by atoms with Gasteiger partial charge in [-0.1, -0.05) is 26.0 Å². The Morgan fingerprint density at radius 3 is 2.19 bits per heavy atom. The molecule has 1 aliphatic carbocycles. The Kier molecular flexibility index (Phi) is 4.81.